The van der Waals surface area contributed by atoms with Gasteiger partial charge in [-0.2, -0.15) is 0 Å². The van der Waals surface area contributed by atoms with Crippen LogP contribution in [-0.4, -0.2) is 53.8 Å². The Hall–Kier alpha value is -1.30. The monoisotopic (exact) mass is 242 g/mol. The van der Waals surface area contributed by atoms with Crippen molar-refractivity contribution in [2.45, 2.75) is 37.8 Å². The molecule has 2 atom stereocenters. The smallest absolute Gasteiger partial charge is 0.317 e. The molecule has 2 amide bonds. The molecule has 2 fully saturated rings. The van der Waals surface area contributed by atoms with Crippen LogP contribution < -0.4 is 5.32 Å². The number of nitrogens with one attached hydrogen (secondary N) is 1. The third kappa shape index (κ3) is 2.88. The van der Waals surface area contributed by atoms with Gasteiger partial charge in [0.05, 0.1) is 25.2 Å². The average molecular weight is 242 g/mol. The van der Waals surface area contributed by atoms with Gasteiger partial charge in [0.25, 0.3) is 0 Å². The third-order valence-corrected chi connectivity index (χ3v) is 3.36. The Morgan fingerprint density at radius 3 is 3.00 bits per heavy atom. The zero-order valence-electron chi connectivity index (χ0n) is 9.72. The largest absolute Gasteiger partial charge is 0.481 e. The standard InChI is InChI=1S/C11H18N2O4/c14-10(15)4-5-12-11(16)13-6-7-17-9-3-1-2-8(9)13/h8-9H,1-7H2,(H,12,16)(H,14,15). The summed E-state index contributed by atoms with van der Waals surface area (Å²) >= 11 is 0. The van der Waals surface area contributed by atoms with Gasteiger partial charge in [-0.25, -0.2) is 4.79 Å². The molecular formula is C11H18N2O4. The number of rotatable bonds is 3. The van der Waals surface area contributed by atoms with E-state index in [1.165, 1.54) is 0 Å². The number of carboxylic acid groups (broad SMARTS) is 1. The quantitative estimate of drug-likeness (QED) is 0.752. The summed E-state index contributed by atoms with van der Waals surface area (Å²) in [5, 5.41) is 11.1. The Bertz CT molecular complexity index is 308. The van der Waals surface area contributed by atoms with Gasteiger partial charge in [0.2, 0.25) is 0 Å². The Morgan fingerprint density at radius 2 is 2.24 bits per heavy atom. The fraction of sp³-hybridized carbons (Fsp3) is 0.818. The van der Waals surface area contributed by atoms with E-state index in [2.05, 4.69) is 5.32 Å². The van der Waals surface area contributed by atoms with Crippen LogP contribution in [0.15, 0.2) is 0 Å². The second kappa shape index (κ2) is 5.35. The molecule has 17 heavy (non-hydrogen) atoms. The molecule has 2 rings (SSSR count). The molecule has 1 saturated carbocycles. The number of amides is 2. The van der Waals surface area contributed by atoms with E-state index in [9.17, 15) is 9.59 Å². The Morgan fingerprint density at radius 1 is 1.41 bits per heavy atom. The Labute approximate surface area is 99.9 Å². The minimum absolute atomic E-state index is 0.0375. The minimum atomic E-state index is -0.897. The van der Waals surface area contributed by atoms with Gasteiger partial charge in [-0.15, -0.1) is 0 Å². The predicted octanol–water partition coefficient (Wildman–Crippen LogP) is 0.424. The maximum absolute atomic E-state index is 11.9. The van der Waals surface area contributed by atoms with Crippen LogP contribution in [-0.2, 0) is 9.53 Å². The second-order valence-electron chi connectivity index (χ2n) is 4.48. The molecule has 0 spiro atoms. The summed E-state index contributed by atoms with van der Waals surface area (Å²) < 4.78 is 5.61. The highest BCUT2D eigenvalue weighted by Crippen LogP contribution is 2.29. The molecule has 1 aliphatic heterocycles. The molecular weight excluding hydrogens is 224 g/mol. The van der Waals surface area contributed by atoms with E-state index in [0.717, 1.165) is 19.3 Å². The van der Waals surface area contributed by atoms with Crippen molar-refractivity contribution in [3.63, 3.8) is 0 Å². The van der Waals surface area contributed by atoms with E-state index in [0.29, 0.717) is 13.2 Å². The molecule has 6 nitrogen and oxygen atoms in total. The number of hydrogen-bond acceptors (Lipinski definition) is 3. The molecule has 2 unspecified atom stereocenters. The molecule has 1 aliphatic carbocycles. The van der Waals surface area contributed by atoms with Crippen molar-refractivity contribution in [3.8, 4) is 0 Å². The summed E-state index contributed by atoms with van der Waals surface area (Å²) in [6.07, 6.45) is 3.23. The van der Waals surface area contributed by atoms with E-state index in [1.807, 2.05) is 0 Å². The van der Waals surface area contributed by atoms with Crippen molar-refractivity contribution < 1.29 is 19.4 Å². The van der Waals surface area contributed by atoms with Crippen molar-refractivity contribution in [1.29, 1.82) is 0 Å². The van der Waals surface area contributed by atoms with Crippen LogP contribution in [0, 0.1) is 0 Å². The Balaban J connectivity index is 1.83. The van der Waals surface area contributed by atoms with E-state index >= 15 is 0 Å². The highest BCUT2D eigenvalue weighted by Gasteiger charge is 2.38. The maximum Gasteiger partial charge on any atom is 0.317 e. The first-order valence-corrected chi connectivity index (χ1v) is 6.06. The molecule has 1 heterocycles. The molecule has 6 heteroatoms. The van der Waals surface area contributed by atoms with Gasteiger partial charge in [0, 0.05) is 13.1 Å². The number of ether oxygens (including phenoxy) is 1. The molecule has 2 N–H and O–H groups in total. The lowest BCUT2D eigenvalue weighted by Crippen LogP contribution is -2.54. The summed E-state index contributed by atoms with van der Waals surface area (Å²) in [6.45, 7) is 1.36. The average Bonchev–Trinajstić information content (AvgIpc) is 2.75. The molecule has 1 saturated heterocycles. The van der Waals surface area contributed by atoms with Gasteiger partial charge in [-0.05, 0) is 19.3 Å². The normalized spacial score (nSPS) is 27.6. The number of carbonyl (C=O) groups excluding carboxylic acids is 1. The first-order chi connectivity index (χ1) is 8.18. The lowest BCUT2D eigenvalue weighted by Gasteiger charge is -2.37. The molecule has 0 aromatic carbocycles. The Kier molecular flexibility index (Phi) is 3.83. The van der Waals surface area contributed by atoms with Crippen molar-refractivity contribution >= 4 is 12.0 Å². The number of morpholine rings is 1. The summed E-state index contributed by atoms with van der Waals surface area (Å²) in [7, 11) is 0. The maximum atomic E-state index is 11.9. The molecule has 0 aromatic heterocycles. The highest BCUT2D eigenvalue weighted by atomic mass is 16.5. The zero-order chi connectivity index (χ0) is 12.3. The van der Waals surface area contributed by atoms with E-state index in [1.54, 1.807) is 4.90 Å². The number of carbonyl (C=O) groups is 2. The number of hydrogen-bond donors (Lipinski definition) is 2. The lowest BCUT2D eigenvalue weighted by molar-refractivity contribution is -0.136. The van der Waals surface area contributed by atoms with Crippen molar-refractivity contribution in [1.82, 2.24) is 10.2 Å². The number of urea groups is 1. The van der Waals surface area contributed by atoms with E-state index < -0.39 is 5.97 Å². The number of nitrogens with zero attached hydrogens (tertiary/aromatic N) is 1. The van der Waals surface area contributed by atoms with Gasteiger partial charge >= 0.3 is 12.0 Å². The summed E-state index contributed by atoms with van der Waals surface area (Å²) in [6, 6.07) is 0.0139. The lowest BCUT2D eigenvalue weighted by atomic mass is 10.1. The summed E-state index contributed by atoms with van der Waals surface area (Å²) in [5.41, 5.74) is 0. The SMILES string of the molecule is O=C(O)CCNC(=O)N1CCOC2CCCC21. The molecule has 0 bridgehead atoms. The zero-order valence-corrected chi connectivity index (χ0v) is 9.72. The van der Waals surface area contributed by atoms with Crippen LogP contribution in [0.4, 0.5) is 4.79 Å². The van der Waals surface area contributed by atoms with Gasteiger partial charge < -0.3 is 20.1 Å². The van der Waals surface area contributed by atoms with Crippen molar-refractivity contribution in [3.05, 3.63) is 0 Å². The van der Waals surface area contributed by atoms with Crippen LogP contribution in [0.25, 0.3) is 0 Å². The fourth-order valence-corrected chi connectivity index (χ4v) is 2.56. The molecule has 0 radical (unpaired) electrons. The van der Waals surface area contributed by atoms with Gasteiger partial charge in [-0.1, -0.05) is 0 Å². The predicted molar refractivity (Wildman–Crippen MR) is 59.7 cm³/mol. The number of aliphatic carboxylic acids is 1. The molecule has 2 aliphatic rings. The molecule has 96 valence electrons. The first-order valence-electron chi connectivity index (χ1n) is 6.06. The van der Waals surface area contributed by atoms with Crippen LogP contribution in [0.3, 0.4) is 0 Å². The van der Waals surface area contributed by atoms with Crippen molar-refractivity contribution in [2.75, 3.05) is 19.7 Å². The van der Waals surface area contributed by atoms with Crippen molar-refractivity contribution in [2.24, 2.45) is 0 Å². The van der Waals surface area contributed by atoms with E-state index in [4.69, 9.17) is 9.84 Å². The van der Waals surface area contributed by atoms with Crippen LogP contribution in [0.2, 0.25) is 0 Å². The van der Waals surface area contributed by atoms with Gasteiger partial charge in [-0.3, -0.25) is 4.79 Å². The summed E-state index contributed by atoms with van der Waals surface area (Å²) in [4.78, 5) is 24.0. The highest BCUT2D eigenvalue weighted by molar-refractivity contribution is 5.75. The minimum Gasteiger partial charge on any atom is -0.481 e. The topological polar surface area (TPSA) is 78.9 Å². The number of carboxylic acids is 1. The number of fused-ring (bicyclic) bond motifs is 1. The van der Waals surface area contributed by atoms with Gasteiger partial charge in [0.15, 0.2) is 0 Å². The summed E-state index contributed by atoms with van der Waals surface area (Å²) in [5.74, 6) is -0.897. The van der Waals surface area contributed by atoms with Gasteiger partial charge in [0.1, 0.15) is 0 Å². The van der Waals surface area contributed by atoms with E-state index in [-0.39, 0.29) is 31.1 Å². The van der Waals surface area contributed by atoms with Crippen LogP contribution in [0.5, 0.6) is 0 Å². The molecule has 0 aromatic rings. The van der Waals surface area contributed by atoms with Crippen LogP contribution >= 0.6 is 0 Å². The second-order valence-corrected chi connectivity index (χ2v) is 4.48. The third-order valence-electron chi connectivity index (χ3n) is 3.36. The fourth-order valence-electron chi connectivity index (χ4n) is 2.56. The first kappa shape index (κ1) is 12.2. The van der Waals surface area contributed by atoms with Crippen LogP contribution in [0.1, 0.15) is 25.7 Å².